The van der Waals surface area contributed by atoms with E-state index in [9.17, 15) is 9.59 Å². The molecule has 0 radical (unpaired) electrons. The second kappa shape index (κ2) is 5.61. The average molecular weight is 321 g/mol. The van der Waals surface area contributed by atoms with Gasteiger partial charge in [0.15, 0.2) is 0 Å². The quantitative estimate of drug-likeness (QED) is 0.697. The fraction of sp³-hybridized carbons (Fsp3) is 0.400. The second-order valence-corrected chi connectivity index (χ2v) is 5.84. The van der Waals surface area contributed by atoms with E-state index in [2.05, 4.69) is 10.4 Å². The molecule has 22 heavy (non-hydrogen) atoms. The Balaban J connectivity index is 1.85. The van der Waals surface area contributed by atoms with Crippen LogP contribution in [0.2, 0.25) is 0 Å². The number of para-hydroxylation sites is 2. The Morgan fingerprint density at radius 1 is 1.41 bits per heavy atom. The zero-order chi connectivity index (χ0) is 15.9. The van der Waals surface area contributed by atoms with Gasteiger partial charge in [0.1, 0.15) is 11.2 Å². The molecule has 1 aromatic heterocycles. The van der Waals surface area contributed by atoms with Crippen molar-refractivity contribution in [1.29, 1.82) is 0 Å². The van der Waals surface area contributed by atoms with Gasteiger partial charge < -0.3 is 0 Å². The summed E-state index contributed by atoms with van der Waals surface area (Å²) < 4.78 is 1.47. The molecule has 2 amide bonds. The Bertz CT molecular complexity index is 742. The lowest BCUT2D eigenvalue weighted by molar-refractivity contribution is -0.149. The standard InChI is InChI=1S/C15H17ClN4O2/c1-3-6-12-13(16)14(21)20(12)18-15(22)19-9(2)17-10-7-4-5-8-11(10)19/h4-5,7-8,12-13H,3,6H2,1-2H3,(H,18,22). The highest BCUT2D eigenvalue weighted by Crippen LogP contribution is 2.27. The number of benzene rings is 1. The number of hydrogen-bond donors (Lipinski definition) is 1. The van der Waals surface area contributed by atoms with Crippen molar-refractivity contribution in [2.24, 2.45) is 0 Å². The predicted octanol–water partition coefficient (Wildman–Crippen LogP) is 2.44. The van der Waals surface area contributed by atoms with Gasteiger partial charge >= 0.3 is 6.03 Å². The van der Waals surface area contributed by atoms with Crippen LogP contribution in [-0.4, -0.2) is 37.9 Å². The lowest BCUT2D eigenvalue weighted by Crippen LogP contribution is -2.68. The van der Waals surface area contributed by atoms with Gasteiger partial charge in [-0.25, -0.2) is 24.8 Å². The molecular formula is C15H17ClN4O2. The number of carbonyl (C=O) groups excluding carboxylic acids is 2. The molecule has 1 aliphatic rings. The first-order valence-corrected chi connectivity index (χ1v) is 7.70. The molecular weight excluding hydrogens is 304 g/mol. The number of rotatable bonds is 3. The van der Waals surface area contributed by atoms with Crippen molar-refractivity contribution in [2.45, 2.75) is 38.1 Å². The maximum absolute atomic E-state index is 12.5. The van der Waals surface area contributed by atoms with Crippen LogP contribution in [0.5, 0.6) is 0 Å². The number of amides is 2. The monoisotopic (exact) mass is 320 g/mol. The number of aromatic nitrogens is 2. The lowest BCUT2D eigenvalue weighted by atomic mass is 9.99. The molecule has 1 fully saturated rings. The van der Waals surface area contributed by atoms with Crippen LogP contribution in [0, 0.1) is 6.92 Å². The lowest BCUT2D eigenvalue weighted by Gasteiger charge is -2.43. The summed E-state index contributed by atoms with van der Waals surface area (Å²) in [6.07, 6.45) is 1.64. The molecule has 1 aliphatic heterocycles. The molecule has 0 aliphatic carbocycles. The number of nitrogens with zero attached hydrogens (tertiary/aromatic N) is 3. The Hall–Kier alpha value is -2.08. The SMILES string of the molecule is CCCC1C(Cl)C(=O)N1NC(=O)n1c(C)nc2ccccc21. The smallest absolute Gasteiger partial charge is 0.271 e. The van der Waals surface area contributed by atoms with E-state index < -0.39 is 11.4 Å². The van der Waals surface area contributed by atoms with Crippen LogP contribution in [0.1, 0.15) is 25.6 Å². The number of hydrogen-bond acceptors (Lipinski definition) is 3. The Morgan fingerprint density at radius 2 is 2.14 bits per heavy atom. The first kappa shape index (κ1) is 14.8. The van der Waals surface area contributed by atoms with E-state index in [0.717, 1.165) is 18.4 Å². The number of alkyl halides is 1. The molecule has 0 spiro atoms. The van der Waals surface area contributed by atoms with E-state index in [1.807, 2.05) is 31.2 Å². The summed E-state index contributed by atoms with van der Waals surface area (Å²) in [4.78, 5) is 28.7. The van der Waals surface area contributed by atoms with Crippen molar-refractivity contribution in [2.75, 3.05) is 0 Å². The third kappa shape index (κ3) is 2.23. The molecule has 2 aromatic rings. The number of aryl methyl sites for hydroxylation is 1. The number of fused-ring (bicyclic) bond motifs is 1. The molecule has 116 valence electrons. The molecule has 6 nitrogen and oxygen atoms in total. The van der Waals surface area contributed by atoms with E-state index in [1.54, 1.807) is 6.92 Å². The number of β-lactam (4-membered cyclic amide) rings is 1. The summed E-state index contributed by atoms with van der Waals surface area (Å²) in [6, 6.07) is 6.82. The minimum Gasteiger partial charge on any atom is -0.271 e. The van der Waals surface area contributed by atoms with Gasteiger partial charge in [-0.3, -0.25) is 4.79 Å². The molecule has 2 heterocycles. The molecule has 1 saturated heterocycles. The van der Waals surface area contributed by atoms with Crippen LogP contribution in [0.15, 0.2) is 24.3 Å². The van der Waals surface area contributed by atoms with Crippen molar-refractivity contribution in [3.05, 3.63) is 30.1 Å². The zero-order valence-corrected chi connectivity index (χ0v) is 13.2. The number of imidazole rings is 1. The van der Waals surface area contributed by atoms with Crippen LogP contribution in [0.3, 0.4) is 0 Å². The van der Waals surface area contributed by atoms with Crippen molar-refractivity contribution < 1.29 is 9.59 Å². The van der Waals surface area contributed by atoms with Gasteiger partial charge in [-0.15, -0.1) is 11.6 Å². The Morgan fingerprint density at radius 3 is 2.86 bits per heavy atom. The van der Waals surface area contributed by atoms with Gasteiger partial charge in [-0.2, -0.15) is 0 Å². The predicted molar refractivity (Wildman–Crippen MR) is 83.6 cm³/mol. The maximum atomic E-state index is 12.5. The minimum atomic E-state index is -0.555. The Kier molecular flexibility index (Phi) is 3.78. The summed E-state index contributed by atoms with van der Waals surface area (Å²) in [5.74, 6) is 0.302. The van der Waals surface area contributed by atoms with Gasteiger partial charge in [-0.05, 0) is 25.5 Å². The van der Waals surface area contributed by atoms with Crippen LogP contribution in [0.4, 0.5) is 4.79 Å². The van der Waals surface area contributed by atoms with E-state index in [0.29, 0.717) is 11.3 Å². The van der Waals surface area contributed by atoms with Gasteiger partial charge in [0.2, 0.25) is 0 Å². The first-order valence-electron chi connectivity index (χ1n) is 7.26. The number of carbonyl (C=O) groups is 2. The Labute approximate surface area is 133 Å². The number of hydrazine groups is 1. The van der Waals surface area contributed by atoms with E-state index in [4.69, 9.17) is 11.6 Å². The van der Waals surface area contributed by atoms with Crippen molar-refractivity contribution in [1.82, 2.24) is 20.0 Å². The topological polar surface area (TPSA) is 67.2 Å². The summed E-state index contributed by atoms with van der Waals surface area (Å²) in [7, 11) is 0. The van der Waals surface area contributed by atoms with E-state index >= 15 is 0 Å². The largest absolute Gasteiger partial charge is 0.346 e. The fourth-order valence-electron chi connectivity index (χ4n) is 2.77. The van der Waals surface area contributed by atoms with Crippen LogP contribution < -0.4 is 5.43 Å². The van der Waals surface area contributed by atoms with Crippen LogP contribution >= 0.6 is 11.6 Å². The molecule has 3 rings (SSSR count). The van der Waals surface area contributed by atoms with Crippen molar-refractivity contribution >= 4 is 34.6 Å². The highest BCUT2D eigenvalue weighted by Gasteiger charge is 2.46. The average Bonchev–Trinajstić information content (AvgIpc) is 2.86. The summed E-state index contributed by atoms with van der Waals surface area (Å²) in [5.41, 5.74) is 4.10. The molecule has 2 unspecified atom stereocenters. The second-order valence-electron chi connectivity index (χ2n) is 5.37. The highest BCUT2D eigenvalue weighted by atomic mass is 35.5. The van der Waals surface area contributed by atoms with E-state index in [-0.39, 0.29) is 11.9 Å². The first-order chi connectivity index (χ1) is 10.5. The molecule has 1 N–H and O–H groups in total. The highest BCUT2D eigenvalue weighted by molar-refractivity contribution is 6.33. The third-order valence-electron chi connectivity index (χ3n) is 3.87. The van der Waals surface area contributed by atoms with Crippen molar-refractivity contribution in [3.63, 3.8) is 0 Å². The molecule has 1 aromatic carbocycles. The van der Waals surface area contributed by atoms with Crippen molar-refractivity contribution in [3.8, 4) is 0 Å². The van der Waals surface area contributed by atoms with Gasteiger partial charge in [0.25, 0.3) is 5.91 Å². The third-order valence-corrected chi connectivity index (χ3v) is 4.35. The summed E-state index contributed by atoms with van der Waals surface area (Å²) in [6.45, 7) is 3.77. The van der Waals surface area contributed by atoms with Crippen LogP contribution in [0.25, 0.3) is 11.0 Å². The van der Waals surface area contributed by atoms with Gasteiger partial charge in [0, 0.05) is 0 Å². The maximum Gasteiger partial charge on any atom is 0.346 e. The molecule has 7 heteroatoms. The molecule has 2 atom stereocenters. The zero-order valence-electron chi connectivity index (χ0n) is 12.4. The molecule has 0 bridgehead atoms. The fourth-order valence-corrected chi connectivity index (χ4v) is 3.12. The molecule has 0 saturated carbocycles. The van der Waals surface area contributed by atoms with E-state index in [1.165, 1.54) is 9.58 Å². The summed E-state index contributed by atoms with van der Waals surface area (Å²) in [5, 5.41) is 0.776. The number of nitrogens with one attached hydrogen (secondary N) is 1. The van der Waals surface area contributed by atoms with Gasteiger partial charge in [0.05, 0.1) is 17.1 Å². The number of halogens is 1. The minimum absolute atomic E-state index is 0.154. The normalized spacial score (nSPS) is 21.0. The van der Waals surface area contributed by atoms with Gasteiger partial charge in [-0.1, -0.05) is 25.5 Å². The van der Waals surface area contributed by atoms with Crippen LogP contribution in [-0.2, 0) is 4.79 Å². The summed E-state index contributed by atoms with van der Waals surface area (Å²) >= 11 is 6.01.